The first-order valence-corrected chi connectivity index (χ1v) is 20.5. The Bertz CT molecular complexity index is 1510. The third kappa shape index (κ3) is 5.43. The zero-order chi connectivity index (χ0) is 33.7. The summed E-state index contributed by atoms with van der Waals surface area (Å²) < 4.78 is 0. The molecule has 3 N–H and O–H groups in total. The third-order valence-electron chi connectivity index (χ3n) is 16.9. The molecule has 2 aromatic rings. The normalized spacial score (nSPS) is 49.1. The highest BCUT2D eigenvalue weighted by atomic mass is 16.3. The van der Waals surface area contributed by atoms with Crippen LogP contribution in [0.5, 0.6) is 0 Å². The number of fused-ring (bicyclic) bond motifs is 8. The van der Waals surface area contributed by atoms with Crippen LogP contribution in [0, 0.1) is 64.1 Å². The summed E-state index contributed by atoms with van der Waals surface area (Å²) in [6.45, 7) is 9.49. The largest absolute Gasteiger partial charge is 0.393 e. The number of nitrogens with zero attached hydrogens (tertiary/aromatic N) is 1. The molecule has 49 heavy (non-hydrogen) atoms. The lowest BCUT2D eigenvalue weighted by Gasteiger charge is -2.60. The first kappa shape index (κ1) is 33.1. The SMILES string of the molecule is CC1CCC2N(C1)CC1C3CC4C(CC(O)C5CC(O)C6(CCC(Cc7cccc(Cc8ccccc8)c7)C6)CC54C)C3CCC1C2(C)O. The Hall–Kier alpha value is -1.72. The van der Waals surface area contributed by atoms with E-state index in [4.69, 9.17) is 0 Å². The first-order chi connectivity index (χ1) is 23.5. The van der Waals surface area contributed by atoms with Gasteiger partial charge in [-0.05, 0) is 171 Å². The quantitative estimate of drug-likeness (QED) is 0.311. The van der Waals surface area contributed by atoms with Gasteiger partial charge in [0.2, 0.25) is 0 Å². The van der Waals surface area contributed by atoms with Crippen LogP contribution in [0.3, 0.4) is 0 Å². The Balaban J connectivity index is 0.937. The Morgan fingerprint density at radius 3 is 2.37 bits per heavy atom. The Labute approximate surface area is 296 Å². The van der Waals surface area contributed by atoms with Crippen LogP contribution in [-0.4, -0.2) is 57.2 Å². The monoisotopic (exact) mass is 665 g/mol. The molecule has 2 heterocycles. The van der Waals surface area contributed by atoms with Crippen molar-refractivity contribution in [2.75, 3.05) is 13.1 Å². The van der Waals surface area contributed by atoms with E-state index in [1.165, 1.54) is 48.9 Å². The molecule has 2 aromatic carbocycles. The van der Waals surface area contributed by atoms with Crippen LogP contribution in [0.2, 0.25) is 0 Å². The maximum Gasteiger partial charge on any atom is 0.0805 e. The van der Waals surface area contributed by atoms with Crippen molar-refractivity contribution in [1.29, 1.82) is 0 Å². The molecule has 0 aromatic heterocycles. The van der Waals surface area contributed by atoms with Gasteiger partial charge in [-0.2, -0.15) is 0 Å². The van der Waals surface area contributed by atoms with Gasteiger partial charge in [0.1, 0.15) is 0 Å². The Morgan fingerprint density at radius 2 is 1.53 bits per heavy atom. The molecule has 2 saturated heterocycles. The van der Waals surface area contributed by atoms with E-state index in [-0.39, 0.29) is 29.0 Å². The van der Waals surface area contributed by atoms with E-state index in [1.54, 1.807) is 0 Å². The van der Waals surface area contributed by atoms with Gasteiger partial charge in [0.25, 0.3) is 0 Å². The van der Waals surface area contributed by atoms with Crippen LogP contribution < -0.4 is 0 Å². The maximum atomic E-state index is 12.2. The predicted octanol–water partition coefficient (Wildman–Crippen LogP) is 7.91. The van der Waals surface area contributed by atoms with Crippen molar-refractivity contribution in [2.24, 2.45) is 64.1 Å². The lowest BCUT2D eigenvalue weighted by Crippen LogP contribution is -2.67. The van der Waals surface area contributed by atoms with Gasteiger partial charge in [-0.15, -0.1) is 0 Å². The second-order valence-corrected chi connectivity index (χ2v) is 19.6. The van der Waals surface area contributed by atoms with Crippen LogP contribution in [0.25, 0.3) is 0 Å². The summed E-state index contributed by atoms with van der Waals surface area (Å²) in [5, 5.41) is 36.0. The summed E-state index contributed by atoms with van der Waals surface area (Å²) in [6.07, 6.45) is 13.8. The molecule has 4 nitrogen and oxygen atoms in total. The average molecular weight is 666 g/mol. The molecule has 4 heteroatoms. The van der Waals surface area contributed by atoms with Crippen LogP contribution in [-0.2, 0) is 12.8 Å². The molecule has 5 aliphatic carbocycles. The average Bonchev–Trinajstić information content (AvgIpc) is 3.65. The van der Waals surface area contributed by atoms with E-state index in [2.05, 4.69) is 80.3 Å². The molecular formula is C45H63NO3. The summed E-state index contributed by atoms with van der Waals surface area (Å²) in [5.74, 6) is 5.14. The van der Waals surface area contributed by atoms with E-state index in [9.17, 15) is 15.3 Å². The van der Waals surface area contributed by atoms with Crippen molar-refractivity contribution < 1.29 is 15.3 Å². The number of hydrogen-bond acceptors (Lipinski definition) is 4. The first-order valence-electron chi connectivity index (χ1n) is 20.5. The predicted molar refractivity (Wildman–Crippen MR) is 196 cm³/mol. The van der Waals surface area contributed by atoms with E-state index < -0.39 is 5.60 Å². The molecule has 7 aliphatic rings. The van der Waals surface area contributed by atoms with Gasteiger partial charge in [0, 0.05) is 19.1 Å². The zero-order valence-electron chi connectivity index (χ0n) is 30.5. The Morgan fingerprint density at radius 1 is 0.735 bits per heavy atom. The highest BCUT2D eigenvalue weighted by Crippen LogP contribution is 2.70. The van der Waals surface area contributed by atoms with E-state index in [0.717, 1.165) is 70.3 Å². The molecule has 5 saturated carbocycles. The molecule has 15 atom stereocenters. The lowest BCUT2D eigenvalue weighted by molar-refractivity contribution is -0.180. The number of rotatable bonds is 4. The molecule has 266 valence electrons. The van der Waals surface area contributed by atoms with Crippen molar-refractivity contribution in [1.82, 2.24) is 4.90 Å². The maximum absolute atomic E-state index is 12.2. The van der Waals surface area contributed by atoms with Crippen LogP contribution in [0.4, 0.5) is 0 Å². The zero-order valence-corrected chi connectivity index (χ0v) is 30.5. The molecule has 9 rings (SSSR count). The van der Waals surface area contributed by atoms with E-state index in [1.807, 2.05) is 0 Å². The summed E-state index contributed by atoms with van der Waals surface area (Å²) in [4.78, 5) is 2.71. The van der Waals surface area contributed by atoms with Crippen LogP contribution >= 0.6 is 0 Å². The third-order valence-corrected chi connectivity index (χ3v) is 16.9. The lowest BCUT2D eigenvalue weighted by atomic mass is 9.46. The molecule has 2 aliphatic heterocycles. The van der Waals surface area contributed by atoms with Gasteiger partial charge >= 0.3 is 0 Å². The molecule has 1 spiro atoms. The van der Waals surface area contributed by atoms with Crippen LogP contribution in [0.1, 0.15) is 108 Å². The fourth-order valence-electron chi connectivity index (χ4n) is 14.9. The van der Waals surface area contributed by atoms with Crippen molar-refractivity contribution in [2.45, 2.75) is 128 Å². The van der Waals surface area contributed by atoms with Crippen molar-refractivity contribution in [3.8, 4) is 0 Å². The van der Waals surface area contributed by atoms with E-state index in [0.29, 0.717) is 47.5 Å². The van der Waals surface area contributed by atoms with Gasteiger partial charge in [-0.1, -0.05) is 68.4 Å². The summed E-state index contributed by atoms with van der Waals surface area (Å²) in [5.41, 5.74) is 3.68. The Kier molecular flexibility index (Phi) is 8.23. The molecular weight excluding hydrogens is 602 g/mol. The number of hydrogen-bond donors (Lipinski definition) is 3. The summed E-state index contributed by atoms with van der Waals surface area (Å²) >= 11 is 0. The second-order valence-electron chi connectivity index (χ2n) is 19.6. The van der Waals surface area contributed by atoms with Crippen molar-refractivity contribution in [3.05, 3.63) is 71.3 Å². The number of aliphatic hydroxyl groups excluding tert-OH is 2. The van der Waals surface area contributed by atoms with Crippen molar-refractivity contribution in [3.63, 3.8) is 0 Å². The smallest absolute Gasteiger partial charge is 0.0805 e. The van der Waals surface area contributed by atoms with Crippen LogP contribution in [0.15, 0.2) is 54.6 Å². The molecule has 0 radical (unpaired) electrons. The molecule has 0 bridgehead atoms. The van der Waals surface area contributed by atoms with Gasteiger partial charge in [0.05, 0.1) is 17.8 Å². The van der Waals surface area contributed by atoms with Gasteiger partial charge in [-0.25, -0.2) is 0 Å². The van der Waals surface area contributed by atoms with Crippen molar-refractivity contribution >= 4 is 0 Å². The fraction of sp³-hybridized carbons (Fsp3) is 0.733. The number of benzene rings is 2. The van der Waals surface area contributed by atoms with Gasteiger partial charge in [0.15, 0.2) is 0 Å². The standard InChI is InChI=1S/C45H63NO3/c1-28-12-15-41-44(3,49)37-14-13-33-34(36(37)26-46(41)25-28)21-38-35(33)22-40(47)39-23-42(48)45(27-43(38,39)2)17-16-32(24-45)20-31-11-7-10-30(19-31)18-29-8-5-4-6-9-29/h4-11,19,28,32-42,47-49H,12-18,20-27H2,1-3H3. The highest BCUT2D eigenvalue weighted by molar-refractivity contribution is 5.30. The fourth-order valence-corrected chi connectivity index (χ4v) is 14.9. The minimum absolute atomic E-state index is 0.0128. The summed E-state index contributed by atoms with van der Waals surface area (Å²) in [6, 6.07) is 20.4. The molecule has 0 amide bonds. The van der Waals surface area contributed by atoms with Gasteiger partial charge < -0.3 is 15.3 Å². The molecule has 7 fully saturated rings. The number of aliphatic hydroxyl groups is 3. The summed E-state index contributed by atoms with van der Waals surface area (Å²) in [7, 11) is 0. The minimum atomic E-state index is -0.591. The topological polar surface area (TPSA) is 63.9 Å². The van der Waals surface area contributed by atoms with Gasteiger partial charge in [-0.3, -0.25) is 4.90 Å². The van der Waals surface area contributed by atoms with E-state index >= 15 is 0 Å². The second kappa shape index (κ2) is 12.2. The highest BCUT2D eigenvalue weighted by Gasteiger charge is 2.67. The number of piperidine rings is 2. The molecule has 15 unspecified atom stereocenters. The minimum Gasteiger partial charge on any atom is -0.393 e.